The first-order valence-corrected chi connectivity index (χ1v) is 4.37. The third kappa shape index (κ3) is 1.74. The highest BCUT2D eigenvalue weighted by Gasteiger charge is 2.03. The summed E-state index contributed by atoms with van der Waals surface area (Å²) in [4.78, 5) is 4.03. The molecule has 3 heteroatoms. The van der Waals surface area contributed by atoms with Gasteiger partial charge >= 0.3 is 0 Å². The zero-order valence-corrected chi connectivity index (χ0v) is 7.73. The van der Waals surface area contributed by atoms with Crippen LogP contribution in [0.25, 0.3) is 0 Å². The van der Waals surface area contributed by atoms with Crippen LogP contribution < -0.4 is 0 Å². The number of rotatable bonds is 3. The standard InChI is InChI=1S/C8H13ClN2/c1-3-5-7-6-10-8(9)11(7)4-2/h6H,3-5H2,1-2H3. The van der Waals surface area contributed by atoms with Crippen molar-refractivity contribution in [3.63, 3.8) is 0 Å². The summed E-state index contributed by atoms with van der Waals surface area (Å²) in [5, 5.41) is 0.607. The molecule has 62 valence electrons. The summed E-state index contributed by atoms with van der Waals surface area (Å²) < 4.78 is 2.03. The van der Waals surface area contributed by atoms with Crippen LogP contribution in [-0.2, 0) is 13.0 Å². The van der Waals surface area contributed by atoms with Crippen molar-refractivity contribution < 1.29 is 0 Å². The van der Waals surface area contributed by atoms with Crippen LogP contribution in [0.1, 0.15) is 26.0 Å². The zero-order chi connectivity index (χ0) is 8.27. The molecular weight excluding hydrogens is 160 g/mol. The lowest BCUT2D eigenvalue weighted by molar-refractivity contribution is 0.699. The van der Waals surface area contributed by atoms with Crippen LogP contribution in [0.3, 0.4) is 0 Å². The molecule has 0 spiro atoms. The van der Waals surface area contributed by atoms with Crippen LogP contribution in [0, 0.1) is 0 Å². The first kappa shape index (κ1) is 8.60. The molecule has 0 saturated heterocycles. The lowest BCUT2D eigenvalue weighted by Gasteiger charge is -2.03. The van der Waals surface area contributed by atoms with Crippen LogP contribution in [0.2, 0.25) is 5.28 Å². The van der Waals surface area contributed by atoms with Gasteiger partial charge in [0.2, 0.25) is 5.28 Å². The number of nitrogens with zero attached hydrogens (tertiary/aromatic N) is 2. The Morgan fingerprint density at radius 2 is 2.27 bits per heavy atom. The molecule has 1 aromatic rings. The van der Waals surface area contributed by atoms with E-state index in [0.29, 0.717) is 5.28 Å². The summed E-state index contributed by atoms with van der Waals surface area (Å²) in [6.45, 7) is 5.14. The molecule has 0 aliphatic rings. The minimum Gasteiger partial charge on any atom is -0.319 e. The van der Waals surface area contributed by atoms with E-state index in [1.165, 1.54) is 5.69 Å². The van der Waals surface area contributed by atoms with Gasteiger partial charge in [-0.15, -0.1) is 0 Å². The van der Waals surface area contributed by atoms with Crippen molar-refractivity contribution >= 4 is 11.6 Å². The highest BCUT2D eigenvalue weighted by atomic mass is 35.5. The van der Waals surface area contributed by atoms with Gasteiger partial charge in [0.15, 0.2) is 0 Å². The summed E-state index contributed by atoms with van der Waals surface area (Å²) in [5.41, 5.74) is 1.24. The SMILES string of the molecule is CCCc1cnc(Cl)n1CC. The predicted octanol–water partition coefficient (Wildman–Crippen LogP) is 2.51. The van der Waals surface area contributed by atoms with E-state index < -0.39 is 0 Å². The number of aromatic nitrogens is 2. The largest absolute Gasteiger partial charge is 0.319 e. The Hall–Kier alpha value is -0.500. The topological polar surface area (TPSA) is 17.8 Å². The minimum atomic E-state index is 0.607. The number of imidazole rings is 1. The van der Waals surface area contributed by atoms with E-state index in [4.69, 9.17) is 11.6 Å². The van der Waals surface area contributed by atoms with Crippen molar-refractivity contribution in [2.24, 2.45) is 0 Å². The average Bonchev–Trinajstić information content (AvgIpc) is 2.33. The first-order valence-electron chi connectivity index (χ1n) is 3.99. The fourth-order valence-corrected chi connectivity index (χ4v) is 1.45. The number of hydrogen-bond donors (Lipinski definition) is 0. The zero-order valence-electron chi connectivity index (χ0n) is 6.97. The molecule has 11 heavy (non-hydrogen) atoms. The van der Waals surface area contributed by atoms with Gasteiger partial charge in [-0.3, -0.25) is 0 Å². The molecule has 0 fully saturated rings. The molecular formula is C8H13ClN2. The second kappa shape index (κ2) is 3.77. The van der Waals surface area contributed by atoms with Crippen molar-refractivity contribution in [1.82, 2.24) is 9.55 Å². The fourth-order valence-electron chi connectivity index (χ4n) is 1.17. The van der Waals surface area contributed by atoms with Gasteiger partial charge in [0.25, 0.3) is 0 Å². The van der Waals surface area contributed by atoms with Gasteiger partial charge in [-0.1, -0.05) is 13.3 Å². The predicted molar refractivity (Wildman–Crippen MR) is 46.9 cm³/mol. The van der Waals surface area contributed by atoms with Gasteiger partial charge in [0, 0.05) is 18.4 Å². The smallest absolute Gasteiger partial charge is 0.202 e. The van der Waals surface area contributed by atoms with Crippen LogP contribution >= 0.6 is 11.6 Å². The first-order chi connectivity index (χ1) is 5.29. The van der Waals surface area contributed by atoms with Crippen LogP contribution in [0.5, 0.6) is 0 Å². The van der Waals surface area contributed by atoms with Gasteiger partial charge in [-0.2, -0.15) is 0 Å². The number of hydrogen-bond acceptors (Lipinski definition) is 1. The van der Waals surface area contributed by atoms with Crippen LogP contribution in [-0.4, -0.2) is 9.55 Å². The lowest BCUT2D eigenvalue weighted by Crippen LogP contribution is -1.99. The average molecular weight is 173 g/mol. The summed E-state index contributed by atoms with van der Waals surface area (Å²) in [6.07, 6.45) is 4.06. The number of aryl methyl sites for hydroxylation is 1. The quantitative estimate of drug-likeness (QED) is 0.685. The monoisotopic (exact) mass is 172 g/mol. The normalized spacial score (nSPS) is 10.5. The second-order valence-electron chi connectivity index (χ2n) is 2.51. The van der Waals surface area contributed by atoms with E-state index in [0.717, 1.165) is 19.4 Å². The summed E-state index contributed by atoms with van der Waals surface area (Å²) in [5.74, 6) is 0. The van der Waals surface area contributed by atoms with E-state index in [9.17, 15) is 0 Å². The van der Waals surface area contributed by atoms with Crippen molar-refractivity contribution in [2.75, 3.05) is 0 Å². The maximum Gasteiger partial charge on any atom is 0.202 e. The van der Waals surface area contributed by atoms with Crippen LogP contribution in [0.4, 0.5) is 0 Å². The molecule has 0 unspecified atom stereocenters. The van der Waals surface area contributed by atoms with Gasteiger partial charge in [-0.05, 0) is 24.9 Å². The molecule has 2 nitrogen and oxygen atoms in total. The molecule has 0 N–H and O–H groups in total. The van der Waals surface area contributed by atoms with Crippen molar-refractivity contribution in [3.8, 4) is 0 Å². The highest BCUT2D eigenvalue weighted by molar-refractivity contribution is 6.28. The Morgan fingerprint density at radius 1 is 1.55 bits per heavy atom. The Balaban J connectivity index is 2.86. The molecule has 0 bridgehead atoms. The Labute approximate surface area is 72.2 Å². The fraction of sp³-hybridized carbons (Fsp3) is 0.625. The van der Waals surface area contributed by atoms with E-state index in [1.54, 1.807) is 0 Å². The van der Waals surface area contributed by atoms with E-state index in [-0.39, 0.29) is 0 Å². The highest BCUT2D eigenvalue weighted by Crippen LogP contribution is 2.11. The van der Waals surface area contributed by atoms with E-state index in [2.05, 4.69) is 18.8 Å². The van der Waals surface area contributed by atoms with E-state index >= 15 is 0 Å². The summed E-state index contributed by atoms with van der Waals surface area (Å²) >= 11 is 5.83. The molecule has 0 saturated carbocycles. The molecule has 1 aromatic heterocycles. The summed E-state index contributed by atoms with van der Waals surface area (Å²) in [7, 11) is 0. The third-order valence-electron chi connectivity index (χ3n) is 1.71. The minimum absolute atomic E-state index is 0.607. The van der Waals surface area contributed by atoms with Crippen molar-refractivity contribution in [1.29, 1.82) is 0 Å². The molecule has 0 amide bonds. The van der Waals surface area contributed by atoms with Gasteiger partial charge in [0.1, 0.15) is 0 Å². The van der Waals surface area contributed by atoms with Crippen molar-refractivity contribution in [2.45, 2.75) is 33.2 Å². The van der Waals surface area contributed by atoms with Crippen molar-refractivity contribution in [3.05, 3.63) is 17.2 Å². The maximum absolute atomic E-state index is 5.83. The van der Waals surface area contributed by atoms with Crippen LogP contribution in [0.15, 0.2) is 6.20 Å². The van der Waals surface area contributed by atoms with E-state index in [1.807, 2.05) is 10.8 Å². The van der Waals surface area contributed by atoms with Gasteiger partial charge in [0.05, 0.1) is 0 Å². The molecule has 1 rings (SSSR count). The Kier molecular flexibility index (Phi) is 2.94. The molecule has 0 aliphatic heterocycles. The second-order valence-corrected chi connectivity index (χ2v) is 2.85. The molecule has 0 aliphatic carbocycles. The number of halogens is 1. The molecule has 0 atom stereocenters. The lowest BCUT2D eigenvalue weighted by atomic mass is 10.3. The Morgan fingerprint density at radius 3 is 2.82 bits per heavy atom. The summed E-state index contributed by atoms with van der Waals surface area (Å²) in [6, 6.07) is 0. The molecule has 0 radical (unpaired) electrons. The third-order valence-corrected chi connectivity index (χ3v) is 2.01. The Bertz CT molecular complexity index is 230. The molecule has 0 aromatic carbocycles. The van der Waals surface area contributed by atoms with Gasteiger partial charge in [-0.25, -0.2) is 4.98 Å². The molecule has 1 heterocycles. The van der Waals surface area contributed by atoms with Gasteiger partial charge < -0.3 is 4.57 Å². The maximum atomic E-state index is 5.83.